The van der Waals surface area contributed by atoms with Gasteiger partial charge in [0.15, 0.2) is 0 Å². The smallest absolute Gasteiger partial charge is 0.314 e. The van der Waals surface area contributed by atoms with Crippen LogP contribution in [0.5, 0.6) is 0 Å². The average molecular weight is 463 g/mol. The van der Waals surface area contributed by atoms with E-state index in [1.165, 1.54) is 13.8 Å². The number of allylic oxidation sites excluding steroid dienone is 1. The van der Waals surface area contributed by atoms with Crippen molar-refractivity contribution in [1.82, 2.24) is 0 Å². The molecule has 0 aliphatic heterocycles. The van der Waals surface area contributed by atoms with Crippen LogP contribution in [-0.4, -0.2) is 42.0 Å². The van der Waals surface area contributed by atoms with E-state index in [0.29, 0.717) is 32.3 Å². The van der Waals surface area contributed by atoms with Crippen molar-refractivity contribution < 1.29 is 33.8 Å². The molecule has 33 heavy (non-hydrogen) atoms. The van der Waals surface area contributed by atoms with E-state index in [9.17, 15) is 24.3 Å². The summed E-state index contributed by atoms with van der Waals surface area (Å²) in [5, 5.41) is 10.6. The molecule has 0 aromatic carbocycles. The van der Waals surface area contributed by atoms with E-state index in [-0.39, 0.29) is 47.6 Å². The second-order valence-corrected chi connectivity index (χ2v) is 10.7. The predicted molar refractivity (Wildman–Crippen MR) is 121 cm³/mol. The molecule has 0 aromatic heterocycles. The van der Waals surface area contributed by atoms with Gasteiger partial charge in [-0.25, -0.2) is 0 Å². The zero-order valence-corrected chi connectivity index (χ0v) is 20.5. The van der Waals surface area contributed by atoms with Gasteiger partial charge >= 0.3 is 17.9 Å². The molecule has 7 heteroatoms. The Bertz CT molecular complexity index is 830. The van der Waals surface area contributed by atoms with E-state index in [2.05, 4.69) is 6.08 Å². The van der Waals surface area contributed by atoms with Gasteiger partial charge in [-0.3, -0.25) is 14.4 Å². The first-order valence-electron chi connectivity index (χ1n) is 12.2. The molecular weight excluding hydrogens is 424 g/mol. The van der Waals surface area contributed by atoms with Gasteiger partial charge in [-0.1, -0.05) is 32.4 Å². The molecule has 2 bridgehead atoms. The normalized spacial score (nSPS) is 37.2. The lowest BCUT2D eigenvalue weighted by Crippen LogP contribution is -2.53. The molecule has 0 saturated heterocycles. The molecule has 7 unspecified atom stereocenters. The van der Waals surface area contributed by atoms with Crippen molar-refractivity contribution in [2.45, 2.75) is 79.2 Å². The quantitative estimate of drug-likeness (QED) is 0.224. The Morgan fingerprint density at radius 2 is 1.88 bits per heavy atom. The van der Waals surface area contributed by atoms with Crippen LogP contribution < -0.4 is 0 Å². The summed E-state index contributed by atoms with van der Waals surface area (Å²) in [5.74, 6) is -1.59. The summed E-state index contributed by atoms with van der Waals surface area (Å²) in [6, 6.07) is 0. The molecule has 3 rings (SSSR count). The molecule has 1 N–H and O–H groups in total. The third-order valence-electron chi connectivity index (χ3n) is 8.55. The number of ether oxygens (including phenoxy) is 2. The first-order chi connectivity index (χ1) is 15.5. The second kappa shape index (κ2) is 9.59. The molecule has 7 nitrogen and oxygen atoms in total. The zero-order valence-electron chi connectivity index (χ0n) is 20.5. The van der Waals surface area contributed by atoms with Crippen molar-refractivity contribution in [3.63, 3.8) is 0 Å². The fourth-order valence-electron chi connectivity index (χ4n) is 7.37. The van der Waals surface area contributed by atoms with Gasteiger partial charge in [-0.2, -0.15) is 0 Å². The maximum atomic E-state index is 13.0. The number of aliphatic carboxylic acids is 1. The monoisotopic (exact) mass is 462 g/mol. The van der Waals surface area contributed by atoms with E-state index in [4.69, 9.17) is 9.47 Å². The minimum absolute atomic E-state index is 0.0147. The summed E-state index contributed by atoms with van der Waals surface area (Å²) in [5.41, 5.74) is -1.34. The lowest BCUT2D eigenvalue weighted by Gasteiger charge is -2.48. The van der Waals surface area contributed by atoms with Crippen molar-refractivity contribution >= 4 is 24.2 Å². The third-order valence-corrected chi connectivity index (χ3v) is 8.55. The second-order valence-electron chi connectivity index (χ2n) is 10.7. The lowest BCUT2D eigenvalue weighted by atomic mass is 9.52. The highest BCUT2D eigenvalue weighted by Crippen LogP contribution is 2.70. The van der Waals surface area contributed by atoms with Gasteiger partial charge in [0.1, 0.15) is 17.8 Å². The Morgan fingerprint density at radius 3 is 2.42 bits per heavy atom. The summed E-state index contributed by atoms with van der Waals surface area (Å²) in [7, 11) is 0. The number of carbonyl (C=O) groups excluding carboxylic acids is 3. The van der Waals surface area contributed by atoms with Crippen molar-refractivity contribution in [1.29, 1.82) is 0 Å². The molecule has 2 saturated carbocycles. The lowest BCUT2D eigenvalue weighted by molar-refractivity contribution is -0.160. The summed E-state index contributed by atoms with van der Waals surface area (Å²) < 4.78 is 10.7. The molecule has 0 amide bonds. The molecule has 184 valence electrons. The number of carbonyl (C=O) groups is 4. The number of carboxylic acid groups (broad SMARTS) is 1. The molecule has 0 heterocycles. The number of unbranched alkanes of at least 4 members (excludes halogenated alkanes) is 1. The van der Waals surface area contributed by atoms with Crippen molar-refractivity contribution in [3.05, 3.63) is 11.6 Å². The van der Waals surface area contributed by atoms with Gasteiger partial charge in [0.05, 0.1) is 6.61 Å². The molecule has 0 radical (unpaired) electrons. The van der Waals surface area contributed by atoms with Gasteiger partial charge in [0, 0.05) is 19.3 Å². The van der Waals surface area contributed by atoms with Crippen LogP contribution in [0.4, 0.5) is 0 Å². The molecule has 3 aliphatic carbocycles. The van der Waals surface area contributed by atoms with Crippen LogP contribution in [0, 0.1) is 40.4 Å². The summed E-state index contributed by atoms with van der Waals surface area (Å²) >= 11 is 0. The van der Waals surface area contributed by atoms with Crippen molar-refractivity contribution in [2.75, 3.05) is 6.61 Å². The van der Waals surface area contributed by atoms with Crippen LogP contribution in [0.3, 0.4) is 0 Å². The van der Waals surface area contributed by atoms with E-state index in [1.54, 1.807) is 0 Å². The minimum Gasteiger partial charge on any atom is -0.481 e. The van der Waals surface area contributed by atoms with Crippen molar-refractivity contribution in [2.24, 2.45) is 40.4 Å². The number of rotatable bonds is 10. The average Bonchev–Trinajstić information content (AvgIpc) is 3.37. The Hall–Kier alpha value is -2.18. The van der Waals surface area contributed by atoms with Crippen molar-refractivity contribution in [3.8, 4) is 0 Å². The first-order valence-corrected chi connectivity index (χ1v) is 12.2. The fourth-order valence-corrected chi connectivity index (χ4v) is 7.37. The summed E-state index contributed by atoms with van der Waals surface area (Å²) in [6.45, 7) is 9.15. The van der Waals surface area contributed by atoms with Crippen LogP contribution in [0.15, 0.2) is 11.6 Å². The number of fused-ring (bicyclic) bond motifs is 2. The molecular formula is C26H38O7. The Balaban J connectivity index is 1.95. The molecule has 0 spiro atoms. The van der Waals surface area contributed by atoms with Gasteiger partial charge in [-0.15, -0.1) is 0 Å². The first kappa shape index (κ1) is 25.4. The third kappa shape index (κ3) is 4.24. The fraction of sp³-hybridized carbons (Fsp3) is 0.769. The Labute approximate surface area is 196 Å². The highest BCUT2D eigenvalue weighted by atomic mass is 16.5. The number of esters is 2. The maximum Gasteiger partial charge on any atom is 0.314 e. The summed E-state index contributed by atoms with van der Waals surface area (Å²) in [6.07, 6.45) is 6.46. The standard InChI is InChI=1S/C26H38O7/c1-15(2)21-10-19-12-25(14-27,26(21,13-19)24(30)31)22-11-23(33-18(5)29)16(3)20(22)8-6-7-9-32-17(4)28/h10,14-16,19-20,22-23H,6-9,11-13H2,1-5H3,(H,30,31). The maximum absolute atomic E-state index is 13.0. The van der Waals surface area contributed by atoms with Gasteiger partial charge in [0.2, 0.25) is 0 Å². The molecule has 0 aromatic rings. The Morgan fingerprint density at radius 1 is 1.18 bits per heavy atom. The van der Waals surface area contributed by atoms with Crippen LogP contribution in [0.25, 0.3) is 0 Å². The minimum atomic E-state index is -1.20. The molecule has 7 atom stereocenters. The SMILES string of the molecule is CC(=O)OCCCCC1C(C)C(OC(C)=O)CC1C1(C=O)CC2C=C(C(C)C)C1(C(=O)O)C2. The van der Waals surface area contributed by atoms with Crippen LogP contribution in [-0.2, 0) is 28.7 Å². The number of hydrogen-bond donors (Lipinski definition) is 1. The van der Waals surface area contributed by atoms with Crippen LogP contribution in [0.1, 0.15) is 73.1 Å². The number of hydrogen-bond acceptors (Lipinski definition) is 6. The molecule has 3 aliphatic rings. The highest BCUT2D eigenvalue weighted by molar-refractivity contribution is 5.88. The number of carboxylic acids is 1. The topological polar surface area (TPSA) is 107 Å². The number of aldehydes is 1. The molecule has 2 fully saturated rings. The predicted octanol–water partition coefficient (Wildman–Crippen LogP) is 4.19. The van der Waals surface area contributed by atoms with Gasteiger partial charge in [-0.05, 0) is 68.1 Å². The highest BCUT2D eigenvalue weighted by Gasteiger charge is 2.72. The van der Waals surface area contributed by atoms with E-state index in [0.717, 1.165) is 24.7 Å². The largest absolute Gasteiger partial charge is 0.481 e. The van der Waals surface area contributed by atoms with Gasteiger partial charge < -0.3 is 19.4 Å². The van der Waals surface area contributed by atoms with E-state index >= 15 is 0 Å². The summed E-state index contributed by atoms with van der Waals surface area (Å²) in [4.78, 5) is 48.7. The van der Waals surface area contributed by atoms with E-state index < -0.39 is 16.8 Å². The Kier molecular flexibility index (Phi) is 7.39. The van der Waals surface area contributed by atoms with Crippen LogP contribution in [0.2, 0.25) is 0 Å². The van der Waals surface area contributed by atoms with E-state index in [1.807, 2.05) is 20.8 Å². The van der Waals surface area contributed by atoms with Gasteiger partial charge in [0.25, 0.3) is 0 Å². The van der Waals surface area contributed by atoms with Crippen LogP contribution >= 0.6 is 0 Å². The zero-order chi connectivity index (χ0) is 24.6.